The van der Waals surface area contributed by atoms with Crippen LogP contribution in [0.15, 0.2) is 35.2 Å². The first kappa shape index (κ1) is 13.8. The van der Waals surface area contributed by atoms with Crippen molar-refractivity contribution < 1.29 is 4.79 Å². The molecule has 3 heterocycles. The van der Waals surface area contributed by atoms with Crippen LogP contribution >= 0.6 is 15.9 Å². The van der Waals surface area contributed by atoms with E-state index in [0.29, 0.717) is 11.4 Å². The molecule has 0 fully saturated rings. The van der Waals surface area contributed by atoms with Crippen LogP contribution in [0.2, 0.25) is 0 Å². The Morgan fingerprint density at radius 1 is 1.38 bits per heavy atom. The zero-order valence-corrected chi connectivity index (χ0v) is 13.2. The second-order valence-corrected chi connectivity index (χ2v) is 5.92. The normalized spacial score (nSPS) is 11.2. The molecule has 7 heteroatoms. The largest absolute Gasteiger partial charge is 0.356 e. The van der Waals surface area contributed by atoms with Gasteiger partial charge in [0.05, 0.1) is 18.1 Å². The highest BCUT2D eigenvalue weighted by Crippen LogP contribution is 2.19. The molecule has 1 amide bonds. The van der Waals surface area contributed by atoms with E-state index in [1.165, 1.54) is 0 Å². The Hall–Kier alpha value is -2.15. The molecule has 3 aromatic heterocycles. The first-order valence-corrected chi connectivity index (χ1v) is 7.32. The van der Waals surface area contributed by atoms with Crippen molar-refractivity contribution in [3.05, 3.63) is 40.9 Å². The topological polar surface area (TPSA) is 75.6 Å². The second kappa shape index (κ2) is 5.33. The van der Waals surface area contributed by atoms with Crippen LogP contribution in [-0.4, -0.2) is 25.7 Å². The van der Waals surface area contributed by atoms with Gasteiger partial charge in [-0.3, -0.25) is 4.79 Å². The number of pyridine rings is 1. The third-order valence-electron chi connectivity index (χ3n) is 3.07. The van der Waals surface area contributed by atoms with E-state index in [2.05, 4.69) is 36.3 Å². The number of anilines is 1. The summed E-state index contributed by atoms with van der Waals surface area (Å²) in [6.07, 6.45) is 5.10. The smallest absolute Gasteiger partial charge is 0.272 e. The van der Waals surface area contributed by atoms with Gasteiger partial charge in [-0.05, 0) is 41.9 Å². The summed E-state index contributed by atoms with van der Waals surface area (Å²) in [4.78, 5) is 19.3. The molecule has 0 radical (unpaired) electrons. The monoisotopic (exact) mass is 347 g/mol. The van der Waals surface area contributed by atoms with Crippen LogP contribution in [0.4, 0.5) is 5.69 Å². The molecule has 0 aliphatic heterocycles. The van der Waals surface area contributed by atoms with Gasteiger partial charge in [-0.25, -0.2) is 9.67 Å². The van der Waals surface area contributed by atoms with E-state index in [-0.39, 0.29) is 11.9 Å². The summed E-state index contributed by atoms with van der Waals surface area (Å²) in [7, 11) is 0. The van der Waals surface area contributed by atoms with E-state index in [1.807, 2.05) is 24.6 Å². The number of aromatic nitrogens is 4. The van der Waals surface area contributed by atoms with Crippen molar-refractivity contribution in [1.29, 1.82) is 0 Å². The van der Waals surface area contributed by atoms with Gasteiger partial charge in [-0.2, -0.15) is 5.10 Å². The zero-order valence-electron chi connectivity index (χ0n) is 11.6. The fraction of sp³-hybridized carbons (Fsp3) is 0.214. The minimum Gasteiger partial charge on any atom is -0.356 e. The Kier molecular flexibility index (Phi) is 3.50. The second-order valence-electron chi connectivity index (χ2n) is 5.01. The van der Waals surface area contributed by atoms with Crippen LogP contribution in [0.25, 0.3) is 11.0 Å². The van der Waals surface area contributed by atoms with Gasteiger partial charge in [0.1, 0.15) is 5.69 Å². The molecule has 0 aromatic carbocycles. The van der Waals surface area contributed by atoms with E-state index >= 15 is 0 Å². The maximum Gasteiger partial charge on any atom is 0.272 e. The van der Waals surface area contributed by atoms with Crippen molar-refractivity contribution >= 4 is 38.6 Å². The first-order chi connectivity index (χ1) is 10.0. The predicted octanol–water partition coefficient (Wildman–Crippen LogP) is 3.36. The Bertz CT molecular complexity index is 805. The molecule has 6 nitrogen and oxygen atoms in total. The third-order valence-corrected chi connectivity index (χ3v) is 3.53. The number of halogens is 1. The number of carbonyl (C=O) groups is 1. The van der Waals surface area contributed by atoms with Crippen molar-refractivity contribution in [2.75, 3.05) is 5.32 Å². The minimum absolute atomic E-state index is 0.210. The molecule has 0 aliphatic rings. The van der Waals surface area contributed by atoms with E-state index in [4.69, 9.17) is 0 Å². The molecule has 0 bridgehead atoms. The molecule has 0 aliphatic carbocycles. The Morgan fingerprint density at radius 3 is 2.86 bits per heavy atom. The number of hydrogen-bond donors (Lipinski definition) is 2. The summed E-state index contributed by atoms with van der Waals surface area (Å²) in [6, 6.07) is 3.83. The maximum absolute atomic E-state index is 12.1. The van der Waals surface area contributed by atoms with Gasteiger partial charge in [0, 0.05) is 22.1 Å². The Balaban J connectivity index is 1.86. The van der Waals surface area contributed by atoms with E-state index in [9.17, 15) is 4.79 Å². The quantitative estimate of drug-likeness (QED) is 0.762. The van der Waals surface area contributed by atoms with Gasteiger partial charge in [0.2, 0.25) is 0 Å². The number of fused-ring (bicyclic) bond motifs is 1. The lowest BCUT2D eigenvalue weighted by Crippen LogP contribution is -2.12. The molecule has 0 spiro atoms. The Labute approximate surface area is 129 Å². The fourth-order valence-electron chi connectivity index (χ4n) is 2.08. The molecule has 2 N–H and O–H groups in total. The van der Waals surface area contributed by atoms with E-state index in [1.54, 1.807) is 24.7 Å². The molecular weight excluding hydrogens is 334 g/mol. The summed E-state index contributed by atoms with van der Waals surface area (Å²) in [6.45, 7) is 4.10. The van der Waals surface area contributed by atoms with Gasteiger partial charge >= 0.3 is 0 Å². The number of nitrogens with zero attached hydrogens (tertiary/aromatic N) is 3. The summed E-state index contributed by atoms with van der Waals surface area (Å²) in [5.74, 6) is -0.210. The zero-order chi connectivity index (χ0) is 15.0. The molecule has 3 rings (SSSR count). The molecule has 0 saturated heterocycles. The molecule has 0 unspecified atom stereocenters. The van der Waals surface area contributed by atoms with Gasteiger partial charge in [-0.15, -0.1) is 0 Å². The predicted molar refractivity (Wildman–Crippen MR) is 84.4 cm³/mol. The highest BCUT2D eigenvalue weighted by atomic mass is 79.9. The molecule has 3 aromatic rings. The number of aromatic amines is 1. The molecule has 0 atom stereocenters. The van der Waals surface area contributed by atoms with Crippen LogP contribution in [0, 0.1) is 0 Å². The molecule has 21 heavy (non-hydrogen) atoms. The SMILES string of the molecule is CC(C)n1ncc2cc(NC(=O)c3cc(Br)c[nH]3)cnc21. The Morgan fingerprint density at radius 2 is 2.19 bits per heavy atom. The van der Waals surface area contributed by atoms with Gasteiger partial charge in [0.15, 0.2) is 5.65 Å². The summed E-state index contributed by atoms with van der Waals surface area (Å²) in [5, 5.41) is 8.01. The first-order valence-electron chi connectivity index (χ1n) is 6.53. The number of rotatable bonds is 3. The average molecular weight is 348 g/mol. The number of hydrogen-bond acceptors (Lipinski definition) is 3. The molecule has 0 saturated carbocycles. The fourth-order valence-corrected chi connectivity index (χ4v) is 2.43. The molecular formula is C14H14BrN5O. The third kappa shape index (κ3) is 2.69. The number of amides is 1. The summed E-state index contributed by atoms with van der Waals surface area (Å²) < 4.78 is 2.68. The lowest BCUT2D eigenvalue weighted by molar-refractivity contribution is 0.102. The van der Waals surface area contributed by atoms with Crippen LogP contribution < -0.4 is 5.32 Å². The standard InChI is InChI=1S/C14H14BrN5O/c1-8(2)20-13-9(5-18-20)3-11(7-17-13)19-14(21)12-4-10(15)6-16-12/h3-8,16H,1-2H3,(H,19,21). The van der Waals surface area contributed by atoms with Crippen LogP contribution in [0.5, 0.6) is 0 Å². The van der Waals surface area contributed by atoms with Gasteiger partial charge in [0.25, 0.3) is 5.91 Å². The maximum atomic E-state index is 12.1. The lowest BCUT2D eigenvalue weighted by Gasteiger charge is -2.07. The highest BCUT2D eigenvalue weighted by molar-refractivity contribution is 9.10. The van der Waals surface area contributed by atoms with E-state index in [0.717, 1.165) is 15.5 Å². The van der Waals surface area contributed by atoms with Crippen molar-refractivity contribution in [2.45, 2.75) is 19.9 Å². The van der Waals surface area contributed by atoms with Crippen molar-refractivity contribution in [2.24, 2.45) is 0 Å². The number of H-pyrrole nitrogens is 1. The van der Waals surface area contributed by atoms with Crippen LogP contribution in [0.1, 0.15) is 30.4 Å². The molecule has 108 valence electrons. The van der Waals surface area contributed by atoms with E-state index < -0.39 is 0 Å². The average Bonchev–Trinajstić information content (AvgIpc) is 3.04. The lowest BCUT2D eigenvalue weighted by atomic mass is 10.3. The van der Waals surface area contributed by atoms with Gasteiger partial charge < -0.3 is 10.3 Å². The van der Waals surface area contributed by atoms with Crippen molar-refractivity contribution in [1.82, 2.24) is 19.7 Å². The van der Waals surface area contributed by atoms with Gasteiger partial charge in [-0.1, -0.05) is 0 Å². The summed E-state index contributed by atoms with van der Waals surface area (Å²) >= 11 is 3.30. The van der Waals surface area contributed by atoms with Crippen LogP contribution in [-0.2, 0) is 0 Å². The summed E-state index contributed by atoms with van der Waals surface area (Å²) in [5.41, 5.74) is 1.94. The number of nitrogens with one attached hydrogen (secondary N) is 2. The van der Waals surface area contributed by atoms with Crippen molar-refractivity contribution in [3.8, 4) is 0 Å². The van der Waals surface area contributed by atoms with Crippen molar-refractivity contribution in [3.63, 3.8) is 0 Å². The van der Waals surface area contributed by atoms with Crippen LogP contribution in [0.3, 0.4) is 0 Å². The minimum atomic E-state index is -0.210. The highest BCUT2D eigenvalue weighted by Gasteiger charge is 2.11. The number of carbonyl (C=O) groups excluding carboxylic acids is 1.